The molecule has 0 aromatic heterocycles. The Bertz CT molecular complexity index is 362. The minimum absolute atomic E-state index is 0.0627. The molecule has 2 nitrogen and oxygen atoms in total. The average molecular weight is 230 g/mol. The Morgan fingerprint density at radius 2 is 1.94 bits per heavy atom. The molecule has 92 valence electrons. The summed E-state index contributed by atoms with van der Waals surface area (Å²) in [4.78, 5) is 0. The lowest BCUT2D eigenvalue weighted by molar-refractivity contribution is 0.356. The van der Waals surface area contributed by atoms with Crippen molar-refractivity contribution in [2.75, 3.05) is 6.54 Å². The molecular formula is C15H22N2. The standard InChI is InChI=1S/C15H22N2/c1-4-10-15(2,3)17-12-14(11-16)13-8-6-5-7-9-13/h5-9,14,17H,4,10,12H2,1-3H3. The topological polar surface area (TPSA) is 35.8 Å². The molecular weight excluding hydrogens is 208 g/mol. The maximum Gasteiger partial charge on any atom is 0.0837 e. The molecule has 1 N–H and O–H groups in total. The van der Waals surface area contributed by atoms with Gasteiger partial charge in [0.1, 0.15) is 0 Å². The molecule has 0 saturated heterocycles. The van der Waals surface area contributed by atoms with Crippen molar-refractivity contribution in [3.63, 3.8) is 0 Å². The SMILES string of the molecule is CCCC(C)(C)NCC(C#N)c1ccccc1. The summed E-state index contributed by atoms with van der Waals surface area (Å²) in [7, 11) is 0. The smallest absolute Gasteiger partial charge is 0.0837 e. The zero-order valence-electron chi connectivity index (χ0n) is 11.0. The van der Waals surface area contributed by atoms with Gasteiger partial charge < -0.3 is 5.32 Å². The van der Waals surface area contributed by atoms with Gasteiger partial charge in [-0.25, -0.2) is 0 Å². The summed E-state index contributed by atoms with van der Waals surface area (Å²) in [5.74, 6) is -0.0627. The second kappa shape index (κ2) is 6.42. The van der Waals surface area contributed by atoms with Gasteiger partial charge in [-0.1, -0.05) is 43.7 Å². The average Bonchev–Trinajstić information content (AvgIpc) is 2.31. The quantitative estimate of drug-likeness (QED) is 0.812. The third-order valence-corrected chi connectivity index (χ3v) is 3.02. The molecule has 1 atom stereocenters. The van der Waals surface area contributed by atoms with E-state index < -0.39 is 0 Å². The molecule has 2 heteroatoms. The summed E-state index contributed by atoms with van der Waals surface area (Å²) < 4.78 is 0. The van der Waals surface area contributed by atoms with Crippen LogP contribution >= 0.6 is 0 Å². The van der Waals surface area contributed by atoms with Crippen molar-refractivity contribution < 1.29 is 0 Å². The third-order valence-electron chi connectivity index (χ3n) is 3.02. The van der Waals surface area contributed by atoms with E-state index in [-0.39, 0.29) is 11.5 Å². The van der Waals surface area contributed by atoms with Crippen LogP contribution in [-0.4, -0.2) is 12.1 Å². The van der Waals surface area contributed by atoms with E-state index in [1.807, 2.05) is 30.3 Å². The molecule has 1 unspecified atom stereocenters. The van der Waals surface area contributed by atoms with E-state index >= 15 is 0 Å². The maximum absolute atomic E-state index is 9.22. The molecule has 0 fully saturated rings. The lowest BCUT2D eigenvalue weighted by atomic mass is 9.95. The Morgan fingerprint density at radius 1 is 1.29 bits per heavy atom. The molecule has 0 aliphatic carbocycles. The summed E-state index contributed by atoms with van der Waals surface area (Å²) in [6.45, 7) is 7.28. The van der Waals surface area contributed by atoms with Crippen molar-refractivity contribution >= 4 is 0 Å². The van der Waals surface area contributed by atoms with Gasteiger partial charge in [0, 0.05) is 12.1 Å². The Kier molecular flexibility index (Phi) is 5.18. The first-order valence-electron chi connectivity index (χ1n) is 6.28. The number of rotatable bonds is 6. The highest BCUT2D eigenvalue weighted by Crippen LogP contribution is 2.16. The largest absolute Gasteiger partial charge is 0.310 e. The van der Waals surface area contributed by atoms with Crippen molar-refractivity contribution in [1.82, 2.24) is 5.32 Å². The second-order valence-corrected chi connectivity index (χ2v) is 5.11. The van der Waals surface area contributed by atoms with Gasteiger partial charge in [-0.2, -0.15) is 5.26 Å². The molecule has 1 aromatic carbocycles. The van der Waals surface area contributed by atoms with E-state index in [0.29, 0.717) is 6.54 Å². The minimum atomic E-state index is -0.0627. The van der Waals surface area contributed by atoms with Crippen LogP contribution in [0.3, 0.4) is 0 Å². The molecule has 1 aromatic rings. The minimum Gasteiger partial charge on any atom is -0.310 e. The third kappa shape index (κ3) is 4.58. The molecule has 0 bridgehead atoms. The van der Waals surface area contributed by atoms with Gasteiger partial charge in [-0.3, -0.25) is 0 Å². The number of nitrogens with one attached hydrogen (secondary N) is 1. The van der Waals surface area contributed by atoms with Crippen molar-refractivity contribution in [3.05, 3.63) is 35.9 Å². The molecule has 0 amide bonds. The van der Waals surface area contributed by atoms with Crippen molar-refractivity contribution in [3.8, 4) is 6.07 Å². The number of nitrogens with zero attached hydrogens (tertiary/aromatic N) is 1. The van der Waals surface area contributed by atoms with E-state index in [1.54, 1.807) is 0 Å². The molecule has 0 radical (unpaired) electrons. The summed E-state index contributed by atoms with van der Waals surface area (Å²) in [5, 5.41) is 12.7. The Labute approximate surface area is 105 Å². The normalized spacial score (nSPS) is 13.1. The van der Waals surface area contributed by atoms with Gasteiger partial charge in [-0.15, -0.1) is 0 Å². The highest BCUT2D eigenvalue weighted by Gasteiger charge is 2.18. The fourth-order valence-corrected chi connectivity index (χ4v) is 2.02. The lowest BCUT2D eigenvalue weighted by Gasteiger charge is -2.27. The fourth-order valence-electron chi connectivity index (χ4n) is 2.02. The molecule has 0 aliphatic rings. The number of benzene rings is 1. The second-order valence-electron chi connectivity index (χ2n) is 5.11. The van der Waals surface area contributed by atoms with E-state index in [4.69, 9.17) is 0 Å². The lowest BCUT2D eigenvalue weighted by Crippen LogP contribution is -2.41. The van der Waals surface area contributed by atoms with Crippen LogP contribution in [-0.2, 0) is 0 Å². The first kappa shape index (κ1) is 13.7. The molecule has 1 rings (SSSR count). The molecule has 0 aliphatic heterocycles. The van der Waals surface area contributed by atoms with E-state index in [1.165, 1.54) is 0 Å². The highest BCUT2D eigenvalue weighted by molar-refractivity contribution is 5.25. The Hall–Kier alpha value is -1.33. The number of nitriles is 1. The maximum atomic E-state index is 9.22. The first-order chi connectivity index (χ1) is 8.09. The van der Waals surface area contributed by atoms with Crippen LogP contribution in [0.4, 0.5) is 0 Å². The summed E-state index contributed by atoms with van der Waals surface area (Å²) >= 11 is 0. The molecule has 0 heterocycles. The molecule has 0 spiro atoms. The Morgan fingerprint density at radius 3 is 2.47 bits per heavy atom. The van der Waals surface area contributed by atoms with Crippen LogP contribution in [0.2, 0.25) is 0 Å². The summed E-state index contributed by atoms with van der Waals surface area (Å²) in [6, 6.07) is 12.3. The van der Waals surface area contributed by atoms with E-state index in [0.717, 1.165) is 18.4 Å². The Balaban J connectivity index is 2.58. The van der Waals surface area contributed by atoms with Gasteiger partial charge in [-0.05, 0) is 25.8 Å². The summed E-state index contributed by atoms with van der Waals surface area (Å²) in [6.07, 6.45) is 2.28. The van der Waals surface area contributed by atoms with Crippen LogP contribution in [0, 0.1) is 11.3 Å². The van der Waals surface area contributed by atoms with Crippen LogP contribution in [0.5, 0.6) is 0 Å². The summed E-state index contributed by atoms with van der Waals surface area (Å²) in [5.41, 5.74) is 1.20. The van der Waals surface area contributed by atoms with Crippen molar-refractivity contribution in [1.29, 1.82) is 5.26 Å². The van der Waals surface area contributed by atoms with Crippen molar-refractivity contribution in [2.24, 2.45) is 0 Å². The first-order valence-corrected chi connectivity index (χ1v) is 6.28. The van der Waals surface area contributed by atoms with E-state index in [2.05, 4.69) is 32.2 Å². The van der Waals surface area contributed by atoms with Crippen LogP contribution in [0.15, 0.2) is 30.3 Å². The van der Waals surface area contributed by atoms with Gasteiger partial charge in [0.25, 0.3) is 0 Å². The van der Waals surface area contributed by atoms with Crippen molar-refractivity contribution in [2.45, 2.75) is 45.1 Å². The monoisotopic (exact) mass is 230 g/mol. The molecule has 17 heavy (non-hydrogen) atoms. The predicted octanol–water partition coefficient (Wildman–Crippen LogP) is 3.46. The highest BCUT2D eigenvalue weighted by atomic mass is 15.0. The van der Waals surface area contributed by atoms with Gasteiger partial charge in [0.05, 0.1) is 12.0 Å². The van der Waals surface area contributed by atoms with E-state index in [9.17, 15) is 5.26 Å². The van der Waals surface area contributed by atoms with Crippen LogP contribution in [0.25, 0.3) is 0 Å². The van der Waals surface area contributed by atoms with Crippen LogP contribution in [0.1, 0.15) is 45.1 Å². The number of hydrogen-bond donors (Lipinski definition) is 1. The van der Waals surface area contributed by atoms with Gasteiger partial charge >= 0.3 is 0 Å². The van der Waals surface area contributed by atoms with Gasteiger partial charge in [0.2, 0.25) is 0 Å². The molecule has 0 saturated carbocycles. The zero-order valence-corrected chi connectivity index (χ0v) is 11.0. The predicted molar refractivity (Wildman–Crippen MR) is 71.8 cm³/mol. The van der Waals surface area contributed by atoms with Gasteiger partial charge in [0.15, 0.2) is 0 Å². The van der Waals surface area contributed by atoms with Crippen LogP contribution < -0.4 is 5.32 Å². The zero-order chi connectivity index (χ0) is 12.7. The number of hydrogen-bond acceptors (Lipinski definition) is 2. The fraction of sp³-hybridized carbons (Fsp3) is 0.533.